The van der Waals surface area contributed by atoms with Crippen molar-refractivity contribution in [1.82, 2.24) is 9.97 Å². The minimum absolute atomic E-state index is 1.05. The van der Waals surface area contributed by atoms with Gasteiger partial charge in [-0.05, 0) is 87.9 Å². The Morgan fingerprint density at radius 1 is 1.05 bits per heavy atom. The minimum Gasteiger partial charge on any atom is -0.348 e. The molecule has 0 amide bonds. The number of fused-ring (bicyclic) bond motifs is 3. The molecule has 1 N–H and O–H groups in total. The Bertz CT molecular complexity index is 733. The Kier molecular flexibility index (Phi) is 5.03. The summed E-state index contributed by atoms with van der Waals surface area (Å²) in [7, 11) is 0. The molecule has 1 aromatic rings. The second-order valence-corrected chi connectivity index (χ2v) is 7.68. The average Bonchev–Trinajstić information content (AvgIpc) is 2.77. The molecule has 0 radical (unpaired) electrons. The molecule has 110 valence electrons. The van der Waals surface area contributed by atoms with E-state index in [0.717, 1.165) is 19.3 Å². The van der Waals surface area contributed by atoms with Gasteiger partial charge in [-0.3, -0.25) is 0 Å². The molecule has 0 bridgehead atoms. The maximum absolute atomic E-state index is 4.76. The Hall–Kier alpha value is -0.370. The van der Waals surface area contributed by atoms with Gasteiger partial charge < -0.3 is 4.98 Å². The number of rotatable bonds is 5. The lowest BCUT2D eigenvalue weighted by molar-refractivity contribution is 0.669. The van der Waals surface area contributed by atoms with E-state index in [1.807, 2.05) is 0 Å². The predicted octanol–water partition coefficient (Wildman–Crippen LogP) is 6.00. The monoisotopic (exact) mass is 504 g/mol. The third-order valence-electron chi connectivity index (χ3n) is 3.94. The smallest absolute Gasteiger partial charge is 0.102 e. The van der Waals surface area contributed by atoms with Crippen molar-refractivity contribution in [2.24, 2.45) is 0 Å². The summed E-state index contributed by atoms with van der Waals surface area (Å²) >= 11 is 4.62. The molecule has 1 aliphatic carbocycles. The largest absolute Gasteiger partial charge is 0.348 e. The molecule has 0 saturated heterocycles. The van der Waals surface area contributed by atoms with Crippen LogP contribution in [-0.4, -0.2) is 9.97 Å². The third kappa shape index (κ3) is 3.21. The SMILES string of the molecule is CCCCCCc1c2ccc(I)[nH]c-2c2nc(I)ccc12. The molecule has 0 fully saturated rings. The van der Waals surface area contributed by atoms with Crippen molar-refractivity contribution in [3.63, 3.8) is 0 Å². The zero-order valence-electron chi connectivity index (χ0n) is 12.0. The first-order valence-electron chi connectivity index (χ1n) is 7.46. The number of H-pyrrole nitrogens is 1. The van der Waals surface area contributed by atoms with Crippen LogP contribution in [0, 0.1) is 7.40 Å². The molecule has 0 unspecified atom stereocenters. The van der Waals surface area contributed by atoms with Crippen LogP contribution in [0.2, 0.25) is 0 Å². The van der Waals surface area contributed by atoms with Crippen LogP contribution < -0.4 is 0 Å². The first kappa shape index (κ1) is 15.5. The number of nitrogens with zero attached hydrogens (tertiary/aromatic N) is 1. The Balaban J connectivity index is 2.08. The molecule has 21 heavy (non-hydrogen) atoms. The number of hydrogen-bond acceptors (Lipinski definition) is 1. The van der Waals surface area contributed by atoms with Crippen molar-refractivity contribution >= 4 is 56.1 Å². The van der Waals surface area contributed by atoms with Crippen molar-refractivity contribution in [3.8, 4) is 11.3 Å². The van der Waals surface area contributed by atoms with Gasteiger partial charge in [0.15, 0.2) is 0 Å². The van der Waals surface area contributed by atoms with E-state index in [9.17, 15) is 0 Å². The number of hydrogen-bond donors (Lipinski definition) is 1. The van der Waals surface area contributed by atoms with Crippen LogP contribution in [-0.2, 0) is 6.42 Å². The minimum atomic E-state index is 1.05. The highest BCUT2D eigenvalue weighted by Crippen LogP contribution is 2.38. The maximum atomic E-state index is 4.76. The number of aromatic nitrogens is 2. The van der Waals surface area contributed by atoms with Gasteiger partial charge in [-0.15, -0.1) is 0 Å². The van der Waals surface area contributed by atoms with E-state index >= 15 is 0 Å². The van der Waals surface area contributed by atoms with Crippen molar-refractivity contribution < 1.29 is 0 Å². The molecule has 2 heterocycles. The Morgan fingerprint density at radius 2 is 1.90 bits per heavy atom. The first-order chi connectivity index (χ1) is 10.2. The average molecular weight is 504 g/mol. The van der Waals surface area contributed by atoms with Gasteiger partial charge in [-0.2, -0.15) is 0 Å². The van der Waals surface area contributed by atoms with E-state index in [1.54, 1.807) is 0 Å². The third-order valence-corrected chi connectivity index (χ3v) is 5.17. The number of aromatic amines is 1. The molecule has 0 aromatic carbocycles. The highest BCUT2D eigenvalue weighted by molar-refractivity contribution is 14.1. The lowest BCUT2D eigenvalue weighted by Crippen LogP contribution is -1.90. The number of pyridine rings is 2. The zero-order valence-corrected chi connectivity index (χ0v) is 16.4. The van der Waals surface area contributed by atoms with Crippen LogP contribution >= 0.6 is 45.2 Å². The second-order valence-electron chi connectivity index (χ2n) is 5.41. The van der Waals surface area contributed by atoms with Crippen LogP contribution in [0.5, 0.6) is 0 Å². The van der Waals surface area contributed by atoms with Gasteiger partial charge in [0, 0.05) is 10.9 Å². The topological polar surface area (TPSA) is 28.7 Å². The zero-order chi connectivity index (χ0) is 14.8. The van der Waals surface area contributed by atoms with E-state index in [1.165, 1.54) is 47.9 Å². The molecule has 2 aliphatic rings. The van der Waals surface area contributed by atoms with Gasteiger partial charge in [-0.1, -0.05) is 26.2 Å². The molecule has 0 atom stereocenters. The van der Waals surface area contributed by atoms with Gasteiger partial charge in [-0.25, -0.2) is 4.98 Å². The lowest BCUT2D eigenvalue weighted by Gasteiger charge is -2.05. The lowest BCUT2D eigenvalue weighted by atomic mass is 10.0. The van der Waals surface area contributed by atoms with Crippen LogP contribution in [0.25, 0.3) is 22.2 Å². The molecular formula is C17H18I2N2. The number of unbranched alkanes of at least 4 members (excludes halogenated alkanes) is 3. The van der Waals surface area contributed by atoms with Crippen LogP contribution in [0.1, 0.15) is 38.2 Å². The van der Waals surface area contributed by atoms with E-state index in [0.29, 0.717) is 0 Å². The number of halogens is 2. The quantitative estimate of drug-likeness (QED) is 0.258. The summed E-state index contributed by atoms with van der Waals surface area (Å²) in [4.78, 5) is 8.26. The Morgan fingerprint density at radius 3 is 2.71 bits per heavy atom. The maximum Gasteiger partial charge on any atom is 0.102 e. The second kappa shape index (κ2) is 6.81. The fraction of sp³-hybridized carbons (Fsp3) is 0.353. The molecule has 1 aliphatic heterocycles. The fourth-order valence-electron chi connectivity index (χ4n) is 2.92. The standard InChI is InChI=1S/C17H18I2N2/c1-2-3-4-5-6-11-12-7-9-14(18)20-16(12)17-13(11)8-10-15(19)21-17/h7-10,20H,2-6H2,1H3. The highest BCUT2D eigenvalue weighted by atomic mass is 127. The summed E-state index contributed by atoms with van der Waals surface area (Å²) in [6, 6.07) is 8.75. The van der Waals surface area contributed by atoms with Crippen LogP contribution in [0.4, 0.5) is 0 Å². The molecule has 4 heteroatoms. The van der Waals surface area contributed by atoms with Gasteiger partial charge in [0.25, 0.3) is 0 Å². The van der Waals surface area contributed by atoms with Crippen molar-refractivity contribution in [3.05, 3.63) is 37.2 Å². The summed E-state index contributed by atoms with van der Waals surface area (Å²) in [5.74, 6) is 0. The van der Waals surface area contributed by atoms with Crippen molar-refractivity contribution in [2.45, 2.75) is 39.0 Å². The van der Waals surface area contributed by atoms with Crippen LogP contribution in [0.3, 0.4) is 0 Å². The van der Waals surface area contributed by atoms with E-state index in [4.69, 9.17) is 4.98 Å². The molecule has 0 saturated carbocycles. The summed E-state index contributed by atoms with van der Waals surface area (Å²) in [5, 5.41) is 1.32. The van der Waals surface area contributed by atoms with E-state index in [-0.39, 0.29) is 0 Å². The summed E-state index contributed by atoms with van der Waals surface area (Å²) in [5.41, 5.74) is 5.13. The molecule has 1 aromatic heterocycles. The summed E-state index contributed by atoms with van der Waals surface area (Å²) in [6.07, 6.45) is 6.35. The predicted molar refractivity (Wildman–Crippen MR) is 106 cm³/mol. The number of aryl methyl sites for hydroxylation is 1. The Labute approximate surface area is 152 Å². The molecule has 3 rings (SSSR count). The number of nitrogens with one attached hydrogen (secondary N) is 1. The summed E-state index contributed by atoms with van der Waals surface area (Å²) in [6.45, 7) is 2.26. The van der Waals surface area contributed by atoms with Gasteiger partial charge in [0.05, 0.1) is 14.9 Å². The molecule has 2 nitrogen and oxygen atoms in total. The molecular weight excluding hydrogens is 486 g/mol. The fourth-order valence-corrected chi connectivity index (χ4v) is 3.79. The molecule has 0 spiro atoms. The van der Waals surface area contributed by atoms with E-state index in [2.05, 4.69) is 81.4 Å². The van der Waals surface area contributed by atoms with Gasteiger partial charge in [0.1, 0.15) is 3.70 Å². The summed E-state index contributed by atoms with van der Waals surface area (Å²) < 4.78 is 2.21. The first-order valence-corrected chi connectivity index (χ1v) is 9.61. The van der Waals surface area contributed by atoms with Crippen molar-refractivity contribution in [1.29, 1.82) is 0 Å². The van der Waals surface area contributed by atoms with Gasteiger partial charge in [0.2, 0.25) is 0 Å². The van der Waals surface area contributed by atoms with Gasteiger partial charge >= 0.3 is 0 Å². The van der Waals surface area contributed by atoms with Crippen molar-refractivity contribution in [2.75, 3.05) is 0 Å². The normalized spacial score (nSPS) is 11.6. The highest BCUT2D eigenvalue weighted by Gasteiger charge is 2.19. The van der Waals surface area contributed by atoms with Crippen LogP contribution in [0.15, 0.2) is 24.3 Å². The van der Waals surface area contributed by atoms with E-state index < -0.39 is 0 Å².